The van der Waals surface area contributed by atoms with Crippen LogP contribution in [0.4, 0.5) is 11.4 Å². The molecule has 2 amide bonds. The Labute approximate surface area is 179 Å². The Balaban J connectivity index is 1.40. The number of hydrogen-bond donors (Lipinski definition) is 1. The molecule has 0 radical (unpaired) electrons. The molecule has 0 spiro atoms. The van der Waals surface area contributed by atoms with Gasteiger partial charge in [0.15, 0.2) is 0 Å². The number of nitrogens with zero attached hydrogens (tertiary/aromatic N) is 2. The van der Waals surface area contributed by atoms with E-state index in [0.29, 0.717) is 12.0 Å². The lowest BCUT2D eigenvalue weighted by atomic mass is 9.99. The second kappa shape index (κ2) is 8.90. The first-order valence-electron chi connectivity index (χ1n) is 11.1. The highest BCUT2D eigenvalue weighted by atomic mass is 16.2. The van der Waals surface area contributed by atoms with Crippen LogP contribution in [0.2, 0.25) is 0 Å². The molecule has 0 bridgehead atoms. The molecule has 0 unspecified atom stereocenters. The van der Waals surface area contributed by atoms with Gasteiger partial charge in [-0.2, -0.15) is 0 Å². The van der Waals surface area contributed by atoms with Crippen molar-refractivity contribution < 1.29 is 9.59 Å². The molecule has 2 atom stereocenters. The van der Waals surface area contributed by atoms with E-state index in [9.17, 15) is 9.59 Å². The van der Waals surface area contributed by atoms with Crippen molar-refractivity contribution in [2.45, 2.75) is 45.6 Å². The second-order valence-corrected chi connectivity index (χ2v) is 8.68. The van der Waals surface area contributed by atoms with Gasteiger partial charge in [0.25, 0.3) is 5.91 Å². The number of hydrogen-bond acceptors (Lipinski definition) is 3. The molecule has 0 saturated carbocycles. The number of amides is 2. The number of carbonyl (C=O) groups excluding carboxylic acids is 2. The molecule has 2 aliphatic rings. The topological polar surface area (TPSA) is 52.7 Å². The highest BCUT2D eigenvalue weighted by molar-refractivity contribution is 5.99. The number of nitrogens with one attached hydrogen (secondary N) is 1. The Kier molecular flexibility index (Phi) is 6.07. The summed E-state index contributed by atoms with van der Waals surface area (Å²) in [5.41, 5.74) is 3.73. The van der Waals surface area contributed by atoms with Gasteiger partial charge < -0.3 is 15.1 Å². The molecular formula is C25H31N3O2. The number of anilines is 2. The van der Waals surface area contributed by atoms with E-state index in [2.05, 4.69) is 41.4 Å². The van der Waals surface area contributed by atoms with Gasteiger partial charge >= 0.3 is 0 Å². The predicted octanol–water partition coefficient (Wildman–Crippen LogP) is 4.54. The van der Waals surface area contributed by atoms with Gasteiger partial charge in [0.2, 0.25) is 5.91 Å². The smallest absolute Gasteiger partial charge is 0.251 e. The van der Waals surface area contributed by atoms with E-state index in [1.165, 1.54) is 18.5 Å². The SMILES string of the molecule is C[C@H]1CCCN(c2ccc([C@H](C)NC(=O)c3cccc(N4CCCC4=O)c3)cc2)C1. The summed E-state index contributed by atoms with van der Waals surface area (Å²) in [5, 5.41) is 3.09. The minimum absolute atomic E-state index is 0.0936. The Bertz CT molecular complexity index is 909. The van der Waals surface area contributed by atoms with E-state index < -0.39 is 0 Å². The van der Waals surface area contributed by atoms with Crippen molar-refractivity contribution in [2.75, 3.05) is 29.4 Å². The van der Waals surface area contributed by atoms with Crippen LogP contribution in [0.3, 0.4) is 0 Å². The summed E-state index contributed by atoms with van der Waals surface area (Å²) >= 11 is 0. The van der Waals surface area contributed by atoms with Crippen LogP contribution in [0.15, 0.2) is 48.5 Å². The summed E-state index contributed by atoms with van der Waals surface area (Å²) in [5.74, 6) is 0.747. The Morgan fingerprint density at radius 3 is 2.57 bits per heavy atom. The molecule has 2 saturated heterocycles. The van der Waals surface area contributed by atoms with Crippen molar-refractivity contribution in [3.05, 3.63) is 59.7 Å². The lowest BCUT2D eigenvalue weighted by Gasteiger charge is -2.33. The van der Waals surface area contributed by atoms with Crippen LogP contribution >= 0.6 is 0 Å². The summed E-state index contributed by atoms with van der Waals surface area (Å²) in [6, 6.07) is 15.8. The average Bonchev–Trinajstić information content (AvgIpc) is 3.20. The molecule has 5 heteroatoms. The van der Waals surface area contributed by atoms with E-state index >= 15 is 0 Å². The molecule has 2 aromatic carbocycles. The zero-order valence-electron chi connectivity index (χ0n) is 17.9. The third-order valence-electron chi connectivity index (χ3n) is 6.26. The summed E-state index contributed by atoms with van der Waals surface area (Å²) < 4.78 is 0. The fourth-order valence-electron chi connectivity index (χ4n) is 4.50. The summed E-state index contributed by atoms with van der Waals surface area (Å²) in [7, 11) is 0. The maximum absolute atomic E-state index is 12.8. The highest BCUT2D eigenvalue weighted by Gasteiger charge is 2.22. The number of piperidine rings is 1. The lowest BCUT2D eigenvalue weighted by Crippen LogP contribution is -2.34. The molecular weight excluding hydrogens is 374 g/mol. The minimum Gasteiger partial charge on any atom is -0.371 e. The molecule has 4 rings (SSSR count). The zero-order chi connectivity index (χ0) is 21.1. The molecule has 1 N–H and O–H groups in total. The van der Waals surface area contributed by atoms with Gasteiger partial charge in [0, 0.05) is 43.0 Å². The average molecular weight is 406 g/mol. The van der Waals surface area contributed by atoms with Crippen molar-refractivity contribution in [3.63, 3.8) is 0 Å². The first-order valence-corrected chi connectivity index (χ1v) is 11.1. The standard InChI is InChI=1S/C25H31N3O2/c1-18-6-4-14-27(17-18)22-12-10-20(11-13-22)19(2)26-25(30)21-7-3-8-23(16-21)28-15-5-9-24(28)29/h3,7-8,10-13,16,18-19H,4-6,9,14-15,17H2,1-2H3,(H,26,30)/t18-,19-/m0/s1. The molecule has 0 aromatic heterocycles. The fraction of sp³-hybridized carbons (Fsp3) is 0.440. The number of carbonyl (C=O) groups is 2. The summed E-state index contributed by atoms with van der Waals surface area (Å²) in [4.78, 5) is 29.0. The van der Waals surface area contributed by atoms with E-state index in [0.717, 1.165) is 43.2 Å². The minimum atomic E-state index is -0.120. The Morgan fingerprint density at radius 1 is 1.07 bits per heavy atom. The first kappa shape index (κ1) is 20.5. The van der Waals surface area contributed by atoms with E-state index in [1.54, 1.807) is 11.0 Å². The lowest BCUT2D eigenvalue weighted by molar-refractivity contribution is -0.117. The van der Waals surface area contributed by atoms with Crippen LogP contribution < -0.4 is 15.1 Å². The van der Waals surface area contributed by atoms with Gasteiger partial charge in [0.05, 0.1) is 6.04 Å². The van der Waals surface area contributed by atoms with Crippen LogP contribution in [0.1, 0.15) is 61.5 Å². The van der Waals surface area contributed by atoms with E-state index in [1.807, 2.05) is 25.1 Å². The molecule has 0 aliphatic carbocycles. The molecule has 2 aliphatic heterocycles. The van der Waals surface area contributed by atoms with Gasteiger partial charge in [-0.25, -0.2) is 0 Å². The Morgan fingerprint density at radius 2 is 1.87 bits per heavy atom. The van der Waals surface area contributed by atoms with Gasteiger partial charge in [0.1, 0.15) is 0 Å². The van der Waals surface area contributed by atoms with Crippen molar-refractivity contribution in [1.29, 1.82) is 0 Å². The normalized spacial score (nSPS) is 20.3. The predicted molar refractivity (Wildman–Crippen MR) is 121 cm³/mol. The van der Waals surface area contributed by atoms with Crippen molar-refractivity contribution in [3.8, 4) is 0 Å². The van der Waals surface area contributed by atoms with Crippen LogP contribution in [-0.4, -0.2) is 31.4 Å². The monoisotopic (exact) mass is 405 g/mol. The van der Waals surface area contributed by atoms with Crippen molar-refractivity contribution in [1.82, 2.24) is 5.32 Å². The molecule has 2 heterocycles. The third-order valence-corrected chi connectivity index (χ3v) is 6.26. The summed E-state index contributed by atoms with van der Waals surface area (Å²) in [6.07, 6.45) is 4.01. The van der Waals surface area contributed by atoms with Crippen LogP contribution in [-0.2, 0) is 4.79 Å². The second-order valence-electron chi connectivity index (χ2n) is 8.68. The number of benzene rings is 2. The first-order chi connectivity index (χ1) is 14.5. The zero-order valence-corrected chi connectivity index (χ0v) is 17.9. The fourth-order valence-corrected chi connectivity index (χ4v) is 4.50. The quantitative estimate of drug-likeness (QED) is 0.795. The Hall–Kier alpha value is -2.82. The molecule has 30 heavy (non-hydrogen) atoms. The maximum atomic E-state index is 12.8. The molecule has 158 valence electrons. The van der Waals surface area contributed by atoms with Crippen LogP contribution in [0.5, 0.6) is 0 Å². The van der Waals surface area contributed by atoms with Crippen LogP contribution in [0.25, 0.3) is 0 Å². The maximum Gasteiger partial charge on any atom is 0.251 e. The van der Waals surface area contributed by atoms with Gasteiger partial charge in [-0.3, -0.25) is 9.59 Å². The summed E-state index contributed by atoms with van der Waals surface area (Å²) in [6.45, 7) is 7.27. The van der Waals surface area contributed by atoms with E-state index in [4.69, 9.17) is 0 Å². The van der Waals surface area contributed by atoms with Crippen molar-refractivity contribution in [2.24, 2.45) is 5.92 Å². The largest absolute Gasteiger partial charge is 0.371 e. The highest BCUT2D eigenvalue weighted by Crippen LogP contribution is 2.25. The number of rotatable bonds is 5. The van der Waals surface area contributed by atoms with Gasteiger partial charge in [-0.15, -0.1) is 0 Å². The molecule has 2 aromatic rings. The van der Waals surface area contributed by atoms with E-state index in [-0.39, 0.29) is 17.9 Å². The third kappa shape index (κ3) is 4.50. The van der Waals surface area contributed by atoms with Crippen LogP contribution in [0, 0.1) is 5.92 Å². The van der Waals surface area contributed by atoms with Gasteiger partial charge in [-0.05, 0) is 68.0 Å². The molecule has 5 nitrogen and oxygen atoms in total. The van der Waals surface area contributed by atoms with Gasteiger partial charge in [-0.1, -0.05) is 25.1 Å². The van der Waals surface area contributed by atoms with Crippen molar-refractivity contribution >= 4 is 23.2 Å². The molecule has 2 fully saturated rings.